The Kier molecular flexibility index (Phi) is 6.02. The molecule has 0 saturated carbocycles. The fraction of sp³-hybridized carbons (Fsp3) is 0.714. The highest BCUT2D eigenvalue weighted by Crippen LogP contribution is 2.10. The highest BCUT2D eigenvalue weighted by molar-refractivity contribution is 5.92. The molecule has 0 unspecified atom stereocenters. The lowest BCUT2D eigenvalue weighted by atomic mass is 10.00. The van der Waals surface area contributed by atoms with Crippen LogP contribution in [-0.4, -0.2) is 33.9 Å². The molecule has 1 aromatic rings. The highest BCUT2D eigenvalue weighted by atomic mass is 16.3. The lowest BCUT2D eigenvalue weighted by Gasteiger charge is -2.21. The second-order valence-corrected chi connectivity index (χ2v) is 5.52. The number of nitrogens with zero attached hydrogens (tertiary/aromatic N) is 1. The molecule has 0 aliphatic carbocycles. The molecule has 2 atom stereocenters. The van der Waals surface area contributed by atoms with E-state index in [1.165, 1.54) is 0 Å². The van der Waals surface area contributed by atoms with E-state index in [1.807, 2.05) is 13.8 Å². The van der Waals surface area contributed by atoms with Crippen molar-refractivity contribution in [1.29, 1.82) is 0 Å². The van der Waals surface area contributed by atoms with Crippen LogP contribution in [0.5, 0.6) is 0 Å². The molecule has 0 aliphatic heterocycles. The molecular weight excluding hydrogens is 242 g/mol. The monoisotopic (exact) mass is 267 g/mol. The van der Waals surface area contributed by atoms with E-state index in [0.717, 1.165) is 18.5 Å². The quantitative estimate of drug-likeness (QED) is 0.704. The molecule has 0 saturated heterocycles. The van der Waals surface area contributed by atoms with E-state index in [1.54, 1.807) is 6.07 Å². The summed E-state index contributed by atoms with van der Waals surface area (Å²) in [6.45, 7) is 8.23. The number of carbonyl (C=O) groups excluding carboxylic acids is 1. The summed E-state index contributed by atoms with van der Waals surface area (Å²) in [7, 11) is 0. The summed E-state index contributed by atoms with van der Waals surface area (Å²) in [5.74, 6) is 0.523. The number of aromatic nitrogens is 2. The van der Waals surface area contributed by atoms with E-state index < -0.39 is 0 Å². The van der Waals surface area contributed by atoms with Gasteiger partial charge in [0.05, 0.1) is 12.6 Å². The SMILES string of the molecule is CC[C@@H](C)[C@@H](CO)NC(=O)c1cc(CC(C)C)[nH]n1. The average Bonchev–Trinajstić information content (AvgIpc) is 2.82. The van der Waals surface area contributed by atoms with Crippen molar-refractivity contribution < 1.29 is 9.90 Å². The van der Waals surface area contributed by atoms with Crippen LogP contribution in [0.2, 0.25) is 0 Å². The topological polar surface area (TPSA) is 78.0 Å². The van der Waals surface area contributed by atoms with Crippen molar-refractivity contribution in [2.24, 2.45) is 11.8 Å². The van der Waals surface area contributed by atoms with Gasteiger partial charge < -0.3 is 10.4 Å². The van der Waals surface area contributed by atoms with Gasteiger partial charge in [-0.05, 0) is 24.3 Å². The van der Waals surface area contributed by atoms with Crippen LogP contribution in [0.3, 0.4) is 0 Å². The number of hydrogen-bond acceptors (Lipinski definition) is 3. The number of H-pyrrole nitrogens is 1. The van der Waals surface area contributed by atoms with Crippen molar-refractivity contribution in [3.05, 3.63) is 17.5 Å². The Morgan fingerprint density at radius 1 is 1.47 bits per heavy atom. The number of rotatable bonds is 7. The number of hydrogen-bond donors (Lipinski definition) is 3. The molecule has 0 radical (unpaired) electrons. The summed E-state index contributed by atoms with van der Waals surface area (Å²) in [4.78, 5) is 12.0. The molecule has 19 heavy (non-hydrogen) atoms. The van der Waals surface area contributed by atoms with Gasteiger partial charge in [-0.1, -0.05) is 34.1 Å². The van der Waals surface area contributed by atoms with Crippen molar-refractivity contribution in [3.63, 3.8) is 0 Å². The molecule has 0 aliphatic rings. The predicted octanol–water partition coefficient (Wildman–Crippen LogP) is 1.75. The van der Waals surface area contributed by atoms with Crippen LogP contribution in [0.1, 0.15) is 50.3 Å². The summed E-state index contributed by atoms with van der Waals surface area (Å²) in [5, 5.41) is 19.0. The first-order valence-corrected chi connectivity index (χ1v) is 6.93. The fourth-order valence-corrected chi connectivity index (χ4v) is 1.92. The summed E-state index contributed by atoms with van der Waals surface area (Å²) in [5.41, 5.74) is 1.35. The zero-order chi connectivity index (χ0) is 14.4. The Labute approximate surface area is 114 Å². The van der Waals surface area contributed by atoms with Crippen molar-refractivity contribution in [1.82, 2.24) is 15.5 Å². The number of aliphatic hydroxyl groups is 1. The Bertz CT molecular complexity index is 401. The predicted molar refractivity (Wildman–Crippen MR) is 74.9 cm³/mol. The van der Waals surface area contributed by atoms with Crippen LogP contribution >= 0.6 is 0 Å². The molecule has 1 rings (SSSR count). The first-order chi connectivity index (χ1) is 8.97. The van der Waals surface area contributed by atoms with Gasteiger partial charge in [0.1, 0.15) is 5.69 Å². The molecule has 5 nitrogen and oxygen atoms in total. The van der Waals surface area contributed by atoms with E-state index in [9.17, 15) is 9.90 Å². The standard InChI is InChI=1S/C14H25N3O2/c1-5-10(4)13(8-18)15-14(19)12-7-11(16-17-12)6-9(2)3/h7,9-10,13,18H,5-6,8H2,1-4H3,(H,15,19)(H,16,17)/t10-,13-/m1/s1. The molecule has 1 aromatic heterocycles. The van der Waals surface area contributed by atoms with Gasteiger partial charge in [0.2, 0.25) is 0 Å². The minimum atomic E-state index is -0.231. The maximum Gasteiger partial charge on any atom is 0.272 e. The van der Waals surface area contributed by atoms with Crippen LogP contribution < -0.4 is 5.32 Å². The fourth-order valence-electron chi connectivity index (χ4n) is 1.92. The van der Waals surface area contributed by atoms with Crippen molar-refractivity contribution in [2.45, 2.75) is 46.6 Å². The summed E-state index contributed by atoms with van der Waals surface area (Å²) >= 11 is 0. The van der Waals surface area contributed by atoms with Gasteiger partial charge in [0, 0.05) is 5.69 Å². The number of aliphatic hydroxyl groups excluding tert-OH is 1. The Hall–Kier alpha value is -1.36. The van der Waals surface area contributed by atoms with Gasteiger partial charge in [0.25, 0.3) is 5.91 Å². The van der Waals surface area contributed by atoms with E-state index in [0.29, 0.717) is 11.6 Å². The summed E-state index contributed by atoms with van der Waals surface area (Å²) < 4.78 is 0. The van der Waals surface area contributed by atoms with Gasteiger partial charge in [-0.15, -0.1) is 0 Å². The van der Waals surface area contributed by atoms with Gasteiger partial charge in [-0.2, -0.15) is 5.10 Å². The highest BCUT2D eigenvalue weighted by Gasteiger charge is 2.19. The van der Waals surface area contributed by atoms with Crippen molar-refractivity contribution in [3.8, 4) is 0 Å². The van der Waals surface area contributed by atoms with Crippen LogP contribution in [0.15, 0.2) is 6.07 Å². The Morgan fingerprint density at radius 3 is 2.68 bits per heavy atom. The first-order valence-electron chi connectivity index (χ1n) is 6.93. The van der Waals surface area contributed by atoms with Crippen LogP contribution in [0.4, 0.5) is 0 Å². The minimum Gasteiger partial charge on any atom is -0.394 e. The van der Waals surface area contributed by atoms with E-state index >= 15 is 0 Å². The molecule has 0 fully saturated rings. The summed E-state index contributed by atoms with van der Waals surface area (Å²) in [6, 6.07) is 1.56. The van der Waals surface area contributed by atoms with E-state index in [2.05, 4.69) is 29.4 Å². The number of aromatic amines is 1. The molecule has 1 amide bonds. The average molecular weight is 267 g/mol. The molecular formula is C14H25N3O2. The zero-order valence-corrected chi connectivity index (χ0v) is 12.2. The lowest BCUT2D eigenvalue weighted by molar-refractivity contribution is 0.0886. The van der Waals surface area contributed by atoms with Crippen molar-refractivity contribution >= 4 is 5.91 Å². The zero-order valence-electron chi connectivity index (χ0n) is 12.2. The van der Waals surface area contributed by atoms with E-state index in [4.69, 9.17) is 0 Å². The van der Waals surface area contributed by atoms with Gasteiger partial charge >= 0.3 is 0 Å². The molecule has 0 aromatic carbocycles. The Morgan fingerprint density at radius 2 is 2.16 bits per heavy atom. The largest absolute Gasteiger partial charge is 0.394 e. The van der Waals surface area contributed by atoms with Gasteiger partial charge in [-0.3, -0.25) is 9.89 Å². The third kappa shape index (κ3) is 4.67. The Balaban J connectivity index is 2.64. The smallest absolute Gasteiger partial charge is 0.272 e. The molecule has 1 heterocycles. The lowest BCUT2D eigenvalue weighted by Crippen LogP contribution is -2.42. The van der Waals surface area contributed by atoms with Gasteiger partial charge in [0.15, 0.2) is 0 Å². The third-order valence-electron chi connectivity index (χ3n) is 3.34. The third-order valence-corrected chi connectivity index (χ3v) is 3.34. The number of nitrogens with one attached hydrogen (secondary N) is 2. The van der Waals surface area contributed by atoms with Crippen LogP contribution in [-0.2, 0) is 6.42 Å². The second-order valence-electron chi connectivity index (χ2n) is 5.52. The number of carbonyl (C=O) groups is 1. The second kappa shape index (κ2) is 7.28. The maximum absolute atomic E-state index is 12.0. The van der Waals surface area contributed by atoms with Crippen molar-refractivity contribution in [2.75, 3.05) is 6.61 Å². The van der Waals surface area contributed by atoms with Gasteiger partial charge in [-0.25, -0.2) is 0 Å². The minimum absolute atomic E-state index is 0.0516. The molecule has 0 bridgehead atoms. The maximum atomic E-state index is 12.0. The summed E-state index contributed by atoms with van der Waals surface area (Å²) in [6.07, 6.45) is 1.78. The molecule has 5 heteroatoms. The van der Waals surface area contributed by atoms with Crippen LogP contribution in [0, 0.1) is 11.8 Å². The molecule has 0 spiro atoms. The van der Waals surface area contributed by atoms with E-state index in [-0.39, 0.29) is 24.5 Å². The number of amides is 1. The molecule has 108 valence electrons. The molecule has 3 N–H and O–H groups in total. The normalized spacial score (nSPS) is 14.4. The first kappa shape index (κ1) is 15.7. The van der Waals surface area contributed by atoms with Crippen LogP contribution in [0.25, 0.3) is 0 Å².